The molecule has 14 heteroatoms. The number of ketones is 1. The number of amides is 1. The highest BCUT2D eigenvalue weighted by molar-refractivity contribution is 6.42. The topological polar surface area (TPSA) is 160 Å². The van der Waals surface area contributed by atoms with Crippen LogP contribution in [0, 0.1) is 0 Å². The van der Waals surface area contributed by atoms with Crippen LogP contribution in [0.4, 0.5) is 29.2 Å². The van der Waals surface area contributed by atoms with Gasteiger partial charge in [-0.25, -0.2) is 0 Å². The van der Waals surface area contributed by atoms with E-state index in [4.69, 9.17) is 32.7 Å². The van der Waals surface area contributed by atoms with Crippen molar-refractivity contribution in [1.82, 2.24) is 20.3 Å². The molecule has 0 bridgehead atoms. The van der Waals surface area contributed by atoms with E-state index in [0.29, 0.717) is 85.3 Å². The summed E-state index contributed by atoms with van der Waals surface area (Å²) >= 11 is 12.0. The highest BCUT2D eigenvalue weighted by atomic mass is 35.5. The normalized spacial score (nSPS) is 10.8. The fourth-order valence-corrected chi connectivity index (χ4v) is 4.31. The van der Waals surface area contributed by atoms with Crippen LogP contribution in [0.2, 0.25) is 10.0 Å². The maximum atomic E-state index is 12.7. The van der Waals surface area contributed by atoms with Gasteiger partial charge in [0, 0.05) is 43.1 Å². The van der Waals surface area contributed by atoms with Crippen molar-refractivity contribution in [3.63, 3.8) is 0 Å². The number of Topliss-reactive ketones (excluding diaryl/α,β-unsaturated/α-hetero) is 1. The summed E-state index contributed by atoms with van der Waals surface area (Å²) in [6, 6.07) is 18.6. The summed E-state index contributed by atoms with van der Waals surface area (Å²) < 4.78 is 11.1. The summed E-state index contributed by atoms with van der Waals surface area (Å²) in [5.41, 5.74) is 2.62. The van der Waals surface area contributed by atoms with Gasteiger partial charge < -0.3 is 40.6 Å². The number of halogens is 2. The summed E-state index contributed by atoms with van der Waals surface area (Å²) in [7, 11) is 0. The number of nitrogens with one attached hydrogen (secondary N) is 4. The number of nitrogens with zero attached hydrogens (tertiary/aromatic N) is 3. The largest absolute Gasteiger partial charge is 0.508 e. The number of carbonyl (C=O) groups excluding carboxylic acids is 2. The van der Waals surface area contributed by atoms with Crippen molar-refractivity contribution < 1.29 is 24.2 Å². The van der Waals surface area contributed by atoms with E-state index in [9.17, 15) is 14.7 Å². The van der Waals surface area contributed by atoms with Crippen LogP contribution in [0.1, 0.15) is 35.7 Å². The number of anilines is 5. The van der Waals surface area contributed by atoms with E-state index in [1.165, 1.54) is 0 Å². The molecule has 0 saturated carbocycles. The van der Waals surface area contributed by atoms with Gasteiger partial charge in [0.1, 0.15) is 11.5 Å². The highest BCUT2D eigenvalue weighted by Crippen LogP contribution is 2.23. The molecular weight excluding hydrogens is 633 g/mol. The van der Waals surface area contributed by atoms with Crippen molar-refractivity contribution in [2.75, 3.05) is 48.9 Å². The third kappa shape index (κ3) is 11.8. The first-order chi connectivity index (χ1) is 22.2. The van der Waals surface area contributed by atoms with Gasteiger partial charge in [0.05, 0.1) is 29.9 Å². The van der Waals surface area contributed by atoms with Gasteiger partial charge in [-0.3, -0.25) is 4.79 Å². The van der Waals surface area contributed by atoms with Gasteiger partial charge in [0.15, 0.2) is 0 Å². The molecular formula is C32H35Cl2N7O5. The van der Waals surface area contributed by atoms with Crippen molar-refractivity contribution in [2.45, 2.75) is 26.3 Å². The van der Waals surface area contributed by atoms with Gasteiger partial charge >= 0.3 is 0 Å². The minimum absolute atomic E-state index is 0.138. The lowest BCUT2D eigenvalue weighted by atomic mass is 10.1. The molecule has 1 amide bonds. The third-order valence-electron chi connectivity index (χ3n) is 6.32. The second kappa shape index (κ2) is 17.9. The van der Waals surface area contributed by atoms with E-state index < -0.39 is 0 Å². The molecule has 0 atom stereocenters. The van der Waals surface area contributed by atoms with Crippen molar-refractivity contribution in [3.05, 3.63) is 87.9 Å². The molecule has 5 N–H and O–H groups in total. The molecule has 0 aliphatic rings. The molecule has 1 aromatic heterocycles. The summed E-state index contributed by atoms with van der Waals surface area (Å²) in [4.78, 5) is 37.0. The Bertz CT molecular complexity index is 1590. The molecule has 1 heterocycles. The summed E-state index contributed by atoms with van der Waals surface area (Å²) in [6.45, 7) is 4.07. The van der Waals surface area contributed by atoms with E-state index in [-0.39, 0.29) is 29.3 Å². The van der Waals surface area contributed by atoms with Crippen molar-refractivity contribution in [2.24, 2.45) is 0 Å². The van der Waals surface area contributed by atoms with Gasteiger partial charge in [0.2, 0.25) is 17.8 Å². The number of hydrogen-bond donors (Lipinski definition) is 5. The molecule has 4 aromatic rings. The van der Waals surface area contributed by atoms with Crippen LogP contribution in [0.25, 0.3) is 0 Å². The van der Waals surface area contributed by atoms with E-state index >= 15 is 0 Å². The molecule has 46 heavy (non-hydrogen) atoms. The first kappa shape index (κ1) is 34.4. The second-order valence-electron chi connectivity index (χ2n) is 10.1. The zero-order chi connectivity index (χ0) is 32.7. The maximum absolute atomic E-state index is 12.7. The second-order valence-corrected chi connectivity index (χ2v) is 10.9. The molecule has 3 aromatic carbocycles. The Kier molecular flexibility index (Phi) is 13.3. The lowest BCUT2D eigenvalue weighted by Crippen LogP contribution is -2.22. The van der Waals surface area contributed by atoms with Crippen molar-refractivity contribution >= 4 is 64.1 Å². The zero-order valence-corrected chi connectivity index (χ0v) is 26.7. The smallest absolute Gasteiger partial charge is 0.251 e. The SMILES string of the molecule is CC(=O)CCCOCCOCCNc1nc(Nc2ccc(O)cc2)nc(Nc2ccc(C(=O)NCc3ccc(Cl)c(Cl)c3)cc2)n1. The molecule has 0 radical (unpaired) electrons. The Labute approximate surface area is 276 Å². The molecule has 242 valence electrons. The summed E-state index contributed by atoms with van der Waals surface area (Å²) in [6.07, 6.45) is 1.22. The Morgan fingerprint density at radius 3 is 2.00 bits per heavy atom. The zero-order valence-electron chi connectivity index (χ0n) is 25.2. The maximum Gasteiger partial charge on any atom is 0.251 e. The molecule has 0 saturated heterocycles. The molecule has 0 fully saturated rings. The van der Waals surface area contributed by atoms with Crippen LogP contribution < -0.4 is 21.3 Å². The first-order valence-electron chi connectivity index (χ1n) is 14.6. The number of phenolic OH excluding ortho intramolecular Hbond substituents is 1. The molecule has 0 aliphatic carbocycles. The Morgan fingerprint density at radius 1 is 0.761 bits per heavy atom. The predicted octanol–water partition coefficient (Wildman–Crippen LogP) is 6.12. The van der Waals surface area contributed by atoms with Crippen LogP contribution in [-0.2, 0) is 20.8 Å². The fourth-order valence-electron chi connectivity index (χ4n) is 3.99. The quantitative estimate of drug-likeness (QED) is 0.0615. The van der Waals surface area contributed by atoms with Gasteiger partial charge in [0.25, 0.3) is 5.91 Å². The average Bonchev–Trinajstić information content (AvgIpc) is 3.03. The number of phenols is 1. The predicted molar refractivity (Wildman–Crippen MR) is 179 cm³/mol. The molecule has 0 unspecified atom stereocenters. The number of hydrogen-bond acceptors (Lipinski definition) is 11. The number of rotatable bonds is 18. The van der Waals surface area contributed by atoms with E-state index in [1.54, 1.807) is 73.7 Å². The van der Waals surface area contributed by atoms with Gasteiger partial charge in [-0.15, -0.1) is 0 Å². The highest BCUT2D eigenvalue weighted by Gasteiger charge is 2.10. The Morgan fingerprint density at radius 2 is 1.37 bits per heavy atom. The summed E-state index contributed by atoms with van der Waals surface area (Å²) in [5, 5.41) is 22.7. The minimum Gasteiger partial charge on any atom is -0.508 e. The Hall–Kier alpha value is -4.49. The molecule has 4 rings (SSSR count). The number of carbonyl (C=O) groups is 2. The molecule has 0 aliphatic heterocycles. The van der Waals surface area contributed by atoms with Crippen molar-refractivity contribution in [1.29, 1.82) is 0 Å². The van der Waals surface area contributed by atoms with E-state index in [2.05, 4.69) is 36.2 Å². The number of aromatic hydroxyl groups is 1. The van der Waals surface area contributed by atoms with E-state index in [1.807, 2.05) is 0 Å². The van der Waals surface area contributed by atoms with Crippen molar-refractivity contribution in [3.8, 4) is 5.75 Å². The van der Waals surface area contributed by atoms with Crippen LogP contribution >= 0.6 is 23.2 Å². The van der Waals surface area contributed by atoms with Gasteiger partial charge in [-0.05, 0) is 79.6 Å². The lowest BCUT2D eigenvalue weighted by molar-refractivity contribution is -0.117. The Balaban J connectivity index is 1.33. The van der Waals surface area contributed by atoms with Crippen LogP contribution in [0.15, 0.2) is 66.7 Å². The fraction of sp³-hybridized carbons (Fsp3) is 0.281. The number of ether oxygens (including phenoxy) is 2. The standard InChI is InChI=1S/C32H35Cl2N7O5/c1-21(42)3-2-15-45-17-18-46-16-14-35-30-39-31(41-32(40-30)38-25-9-11-26(43)12-10-25)37-24-7-5-23(6-8-24)29(44)36-20-22-4-13-27(33)28(34)19-22/h4-13,19,43H,2-3,14-18,20H2,1H3,(H,36,44)(H3,35,37,38,39,40,41). The lowest BCUT2D eigenvalue weighted by Gasteiger charge is -2.12. The third-order valence-corrected chi connectivity index (χ3v) is 7.06. The monoisotopic (exact) mass is 667 g/mol. The molecule has 0 spiro atoms. The number of benzene rings is 3. The van der Waals surface area contributed by atoms with E-state index in [0.717, 1.165) is 5.56 Å². The average molecular weight is 669 g/mol. The van der Waals surface area contributed by atoms with Gasteiger partial charge in [-0.1, -0.05) is 29.3 Å². The van der Waals surface area contributed by atoms with Gasteiger partial charge in [-0.2, -0.15) is 15.0 Å². The molecule has 12 nitrogen and oxygen atoms in total. The van der Waals surface area contributed by atoms with Crippen LogP contribution in [-0.4, -0.2) is 64.7 Å². The van der Waals surface area contributed by atoms with Crippen LogP contribution in [0.5, 0.6) is 5.75 Å². The minimum atomic E-state index is -0.244. The van der Waals surface area contributed by atoms with Crippen LogP contribution in [0.3, 0.4) is 0 Å². The summed E-state index contributed by atoms with van der Waals surface area (Å²) in [5.74, 6) is 0.880. The first-order valence-corrected chi connectivity index (χ1v) is 15.3. The number of aromatic nitrogens is 3.